The van der Waals surface area contributed by atoms with Crippen molar-refractivity contribution in [1.82, 2.24) is 4.90 Å². The van der Waals surface area contributed by atoms with Crippen molar-refractivity contribution in [3.05, 3.63) is 59.2 Å². The van der Waals surface area contributed by atoms with Crippen molar-refractivity contribution < 1.29 is 5.32 Å². The summed E-state index contributed by atoms with van der Waals surface area (Å²) in [5.74, 6) is 0.851. The number of amidine groups is 1. The van der Waals surface area contributed by atoms with Crippen LogP contribution in [0.4, 0.5) is 11.4 Å². The summed E-state index contributed by atoms with van der Waals surface area (Å²) < 4.78 is 0. The number of quaternary nitrogens is 1. The highest BCUT2D eigenvalue weighted by Gasteiger charge is 2.27. The molecule has 33 heavy (non-hydrogen) atoms. The van der Waals surface area contributed by atoms with Crippen LogP contribution in [0.2, 0.25) is 0 Å². The zero-order valence-corrected chi connectivity index (χ0v) is 20.8. The standard InChI is InChI=1S/C26H33N5S2/c27-25(33-18-20-6-2-1-5-19-17-24(19)20)29-26(32)28-21-7-9-22(10-8-21)31-15-11-23(12-16-31)30-13-3-4-14-30/h2,5-10,23H,1,3-4,11-18H2,(H3,27,28,29,32)/p+1. The number of thioether (sulfide) groups is 1. The van der Waals surface area contributed by atoms with Crippen LogP contribution in [0.15, 0.2) is 64.2 Å². The minimum Gasteiger partial charge on any atom is -0.378 e. The molecule has 5 rings (SSSR count). The molecule has 0 radical (unpaired) electrons. The second-order valence-corrected chi connectivity index (χ2v) is 10.7. The van der Waals surface area contributed by atoms with E-state index in [4.69, 9.17) is 18.0 Å². The van der Waals surface area contributed by atoms with E-state index in [9.17, 15) is 0 Å². The van der Waals surface area contributed by atoms with Gasteiger partial charge in [-0.05, 0) is 80.5 Å². The molecular weight excluding hydrogens is 446 g/mol. The van der Waals surface area contributed by atoms with Crippen LogP contribution < -0.4 is 16.0 Å². The first kappa shape index (κ1) is 22.8. The number of hydrogen-bond donors (Lipinski definition) is 2. The molecule has 0 unspecified atom stereocenters. The van der Waals surface area contributed by atoms with E-state index in [1.165, 1.54) is 61.2 Å². The van der Waals surface area contributed by atoms with Gasteiger partial charge in [-0.1, -0.05) is 30.0 Å². The van der Waals surface area contributed by atoms with Crippen molar-refractivity contribution >= 4 is 45.6 Å². The number of piperidine rings is 1. The molecule has 2 saturated heterocycles. The van der Waals surface area contributed by atoms with Crippen LogP contribution in [0.25, 0.3) is 0 Å². The predicted octanol–water partition coefficient (Wildman–Crippen LogP) is 3.87. The van der Waals surface area contributed by atoms with Gasteiger partial charge >= 0.3 is 0 Å². The van der Waals surface area contributed by atoms with E-state index in [0.717, 1.165) is 43.4 Å². The van der Waals surface area contributed by atoms with Crippen LogP contribution >= 0.6 is 24.0 Å². The van der Waals surface area contributed by atoms with E-state index in [2.05, 4.69) is 57.3 Å². The number of benzene rings is 1. The Bertz CT molecular complexity index is 994. The molecule has 0 amide bonds. The van der Waals surface area contributed by atoms with Crippen molar-refractivity contribution in [2.45, 2.75) is 44.6 Å². The lowest BCUT2D eigenvalue weighted by molar-refractivity contribution is -0.440. The fourth-order valence-electron chi connectivity index (χ4n) is 5.16. The number of aliphatic imine (C=N–C) groups is 1. The summed E-state index contributed by atoms with van der Waals surface area (Å²) in [5.41, 5.74) is 12.9. The van der Waals surface area contributed by atoms with Gasteiger partial charge in [-0.3, -0.25) is 5.32 Å². The molecule has 0 spiro atoms. The first-order chi connectivity index (χ1) is 16.2. The second-order valence-electron chi connectivity index (χ2n) is 9.32. The highest BCUT2D eigenvalue weighted by Crippen LogP contribution is 2.42. The molecular formula is C26H34N5S2+. The number of nitrogens with two attached hydrogens (primary N) is 2. The van der Waals surface area contributed by atoms with Crippen LogP contribution in [0, 0.1) is 0 Å². The van der Waals surface area contributed by atoms with Crippen molar-refractivity contribution in [3.63, 3.8) is 0 Å². The summed E-state index contributed by atoms with van der Waals surface area (Å²) in [4.78, 5) is 9.65. The molecule has 2 aliphatic carbocycles. The summed E-state index contributed by atoms with van der Waals surface area (Å²) in [6, 6.07) is 9.47. The van der Waals surface area contributed by atoms with Gasteiger partial charge in [0.1, 0.15) is 5.69 Å². The van der Waals surface area contributed by atoms with E-state index in [-0.39, 0.29) is 0 Å². The van der Waals surface area contributed by atoms with Gasteiger partial charge in [0.25, 0.3) is 5.11 Å². The Morgan fingerprint density at radius 1 is 1.12 bits per heavy atom. The molecule has 7 heteroatoms. The average Bonchev–Trinajstić information content (AvgIpc) is 3.43. The molecule has 0 atom stereocenters. The molecule has 5 nitrogen and oxygen atoms in total. The summed E-state index contributed by atoms with van der Waals surface area (Å²) in [7, 11) is 0. The number of nitrogens with zero attached hydrogens (tertiary/aromatic N) is 3. The van der Waals surface area contributed by atoms with E-state index < -0.39 is 0 Å². The van der Waals surface area contributed by atoms with Gasteiger partial charge < -0.3 is 15.5 Å². The number of anilines is 1. The van der Waals surface area contributed by atoms with Crippen LogP contribution in [0.1, 0.15) is 38.5 Å². The largest absolute Gasteiger partial charge is 0.378 e. The van der Waals surface area contributed by atoms with Crippen LogP contribution in [-0.4, -0.2) is 53.2 Å². The third-order valence-corrected chi connectivity index (χ3v) is 8.15. The number of fused-ring (bicyclic) bond motifs is 1. The molecule has 2 heterocycles. The topological polar surface area (TPSA) is 61.5 Å². The van der Waals surface area contributed by atoms with Gasteiger partial charge in [-0.15, -0.1) is 0 Å². The van der Waals surface area contributed by atoms with Gasteiger partial charge in [-0.2, -0.15) is 4.99 Å². The minimum absolute atomic E-state index is 0.528. The number of hydrogen-bond acceptors (Lipinski definition) is 4. The van der Waals surface area contributed by atoms with Crippen LogP contribution in [-0.2, 0) is 0 Å². The normalized spacial score (nSPS) is 21.8. The van der Waals surface area contributed by atoms with Gasteiger partial charge in [0, 0.05) is 54.9 Å². The summed E-state index contributed by atoms with van der Waals surface area (Å²) in [5, 5.41) is 2.99. The average molecular weight is 481 g/mol. The van der Waals surface area contributed by atoms with Crippen molar-refractivity contribution in [2.75, 3.05) is 36.8 Å². The Balaban J connectivity index is 1.09. The summed E-state index contributed by atoms with van der Waals surface area (Å²) in [6.45, 7) is 4.89. The van der Waals surface area contributed by atoms with Crippen LogP contribution in [0.5, 0.6) is 0 Å². The lowest BCUT2D eigenvalue weighted by Crippen LogP contribution is -2.81. The zero-order valence-electron chi connectivity index (χ0n) is 19.2. The minimum atomic E-state index is 0.528. The Hall–Kier alpha value is -1.93. The number of thiocarbonyl (C=S) groups is 1. The van der Waals surface area contributed by atoms with E-state index in [0.29, 0.717) is 10.3 Å². The highest BCUT2D eigenvalue weighted by molar-refractivity contribution is 8.14. The maximum atomic E-state index is 6.16. The number of likely N-dealkylation sites (tertiary alicyclic amines) is 1. The molecule has 3 fully saturated rings. The monoisotopic (exact) mass is 480 g/mol. The fourth-order valence-corrected chi connectivity index (χ4v) is 6.19. The molecule has 2 aliphatic heterocycles. The Morgan fingerprint density at radius 3 is 2.64 bits per heavy atom. The molecule has 0 bridgehead atoms. The van der Waals surface area contributed by atoms with Crippen LogP contribution in [0.3, 0.4) is 0 Å². The highest BCUT2D eigenvalue weighted by atomic mass is 32.2. The van der Waals surface area contributed by atoms with E-state index in [1.807, 2.05) is 5.32 Å². The predicted molar refractivity (Wildman–Crippen MR) is 144 cm³/mol. The quantitative estimate of drug-likeness (QED) is 0.290. The van der Waals surface area contributed by atoms with Gasteiger partial charge in [0.15, 0.2) is 5.17 Å². The van der Waals surface area contributed by atoms with Gasteiger partial charge in [0.2, 0.25) is 0 Å². The summed E-state index contributed by atoms with van der Waals surface area (Å²) >= 11 is 7.04. The first-order valence-corrected chi connectivity index (χ1v) is 13.6. The van der Waals surface area contributed by atoms with Gasteiger partial charge in [0.05, 0.1) is 0 Å². The fraction of sp³-hybridized carbons (Fsp3) is 0.462. The van der Waals surface area contributed by atoms with Crippen molar-refractivity contribution in [3.8, 4) is 0 Å². The third kappa shape index (κ3) is 5.96. The molecule has 174 valence electrons. The molecule has 1 aromatic carbocycles. The smallest absolute Gasteiger partial charge is 0.300 e. The van der Waals surface area contributed by atoms with Gasteiger partial charge in [-0.25, -0.2) is 0 Å². The Labute approximate surface area is 206 Å². The van der Waals surface area contributed by atoms with Crippen molar-refractivity contribution in [2.24, 2.45) is 10.7 Å². The van der Waals surface area contributed by atoms with E-state index >= 15 is 0 Å². The molecule has 0 aromatic heterocycles. The molecule has 1 aromatic rings. The zero-order chi connectivity index (χ0) is 22.6. The Morgan fingerprint density at radius 2 is 1.88 bits per heavy atom. The molecule has 4 N–H and O–H groups in total. The summed E-state index contributed by atoms with van der Waals surface area (Å²) in [6.07, 6.45) is 14.2. The first-order valence-electron chi connectivity index (χ1n) is 12.2. The lowest BCUT2D eigenvalue weighted by Gasteiger charge is -2.37. The Kier molecular flexibility index (Phi) is 7.30. The van der Waals surface area contributed by atoms with E-state index in [1.54, 1.807) is 11.8 Å². The van der Waals surface area contributed by atoms with Crippen molar-refractivity contribution in [1.29, 1.82) is 0 Å². The third-order valence-electron chi connectivity index (χ3n) is 7.10. The number of rotatable bonds is 5. The number of allylic oxidation sites excluding steroid dienone is 5. The maximum Gasteiger partial charge on any atom is 0.300 e. The molecule has 1 saturated carbocycles. The second kappa shape index (κ2) is 10.6. The molecule has 4 aliphatic rings. The maximum absolute atomic E-state index is 6.16. The lowest BCUT2D eigenvalue weighted by atomic mass is 10.0. The SMILES string of the molecule is NC(=NC(=S)[NH2+]c1ccc(N2CCC(N3CCCC3)CC2)cc1)SCC1=C2CC2=CCC=C1.